The molecule has 1 N–H and O–H groups in total. The highest BCUT2D eigenvalue weighted by atomic mass is 15.3. The van der Waals surface area contributed by atoms with Crippen LogP contribution in [0.4, 0.5) is 0 Å². The Balaban J connectivity index is 1.73. The Hall–Kier alpha value is -0.120. The first-order chi connectivity index (χ1) is 9.15. The molecule has 0 aromatic rings. The van der Waals surface area contributed by atoms with E-state index in [2.05, 4.69) is 36.0 Å². The van der Waals surface area contributed by atoms with E-state index in [4.69, 9.17) is 0 Å². The highest BCUT2D eigenvalue weighted by Gasteiger charge is 2.30. The van der Waals surface area contributed by atoms with Crippen LogP contribution in [0, 0.1) is 0 Å². The Morgan fingerprint density at radius 2 is 1.63 bits per heavy atom. The predicted octanol–water partition coefficient (Wildman–Crippen LogP) is 2.32. The fourth-order valence-corrected chi connectivity index (χ4v) is 3.73. The van der Waals surface area contributed by atoms with Gasteiger partial charge in [-0.2, -0.15) is 0 Å². The molecular weight excluding hydrogens is 234 g/mol. The average Bonchev–Trinajstić information content (AvgIpc) is 2.46. The van der Waals surface area contributed by atoms with Crippen LogP contribution in [0.3, 0.4) is 0 Å². The first-order valence-corrected chi connectivity index (χ1v) is 8.30. The van der Waals surface area contributed by atoms with E-state index < -0.39 is 0 Å². The van der Waals surface area contributed by atoms with Crippen molar-refractivity contribution in [1.82, 2.24) is 15.1 Å². The second kappa shape index (κ2) is 7.05. The van der Waals surface area contributed by atoms with Gasteiger partial charge in [-0.25, -0.2) is 0 Å². The molecule has 0 radical (unpaired) electrons. The summed E-state index contributed by atoms with van der Waals surface area (Å²) in [6, 6.07) is 0.712. The molecule has 0 unspecified atom stereocenters. The zero-order valence-electron chi connectivity index (χ0n) is 13.2. The van der Waals surface area contributed by atoms with Crippen LogP contribution in [0.25, 0.3) is 0 Å². The number of hydrogen-bond donors (Lipinski definition) is 1. The number of hydrogen-bond acceptors (Lipinski definition) is 3. The Bertz CT molecular complexity index is 251. The van der Waals surface area contributed by atoms with Gasteiger partial charge in [-0.15, -0.1) is 0 Å². The molecule has 2 aliphatic rings. The SMILES string of the molecule is CNC1(CCN2CCN(C(C)C)CC2)CCCCC1. The lowest BCUT2D eigenvalue weighted by atomic mass is 9.79. The van der Waals surface area contributed by atoms with Crippen molar-refractivity contribution < 1.29 is 0 Å². The van der Waals surface area contributed by atoms with E-state index in [-0.39, 0.29) is 0 Å². The summed E-state index contributed by atoms with van der Waals surface area (Å²) in [4.78, 5) is 5.28. The van der Waals surface area contributed by atoms with E-state index in [1.165, 1.54) is 71.2 Å². The van der Waals surface area contributed by atoms with Gasteiger partial charge >= 0.3 is 0 Å². The normalized spacial score (nSPS) is 25.9. The highest BCUT2D eigenvalue weighted by Crippen LogP contribution is 2.30. The van der Waals surface area contributed by atoms with E-state index >= 15 is 0 Å². The third kappa shape index (κ3) is 4.17. The number of rotatable bonds is 5. The van der Waals surface area contributed by atoms with Crippen molar-refractivity contribution in [2.24, 2.45) is 0 Å². The monoisotopic (exact) mass is 267 g/mol. The number of piperazine rings is 1. The van der Waals surface area contributed by atoms with Crippen LogP contribution in [-0.4, -0.2) is 61.2 Å². The van der Waals surface area contributed by atoms with Gasteiger partial charge in [0.25, 0.3) is 0 Å². The third-order valence-corrected chi connectivity index (χ3v) is 5.38. The molecule has 1 heterocycles. The summed E-state index contributed by atoms with van der Waals surface area (Å²) < 4.78 is 0. The second-order valence-electron chi connectivity index (χ2n) is 6.81. The summed E-state index contributed by atoms with van der Waals surface area (Å²) >= 11 is 0. The molecule has 0 spiro atoms. The maximum absolute atomic E-state index is 3.65. The molecule has 1 saturated heterocycles. The van der Waals surface area contributed by atoms with E-state index in [0.717, 1.165) is 0 Å². The maximum Gasteiger partial charge on any atom is 0.0190 e. The van der Waals surface area contributed by atoms with Gasteiger partial charge in [-0.1, -0.05) is 19.3 Å². The third-order valence-electron chi connectivity index (χ3n) is 5.38. The minimum atomic E-state index is 0.452. The summed E-state index contributed by atoms with van der Waals surface area (Å²) in [6.07, 6.45) is 8.39. The van der Waals surface area contributed by atoms with Crippen molar-refractivity contribution in [3.8, 4) is 0 Å². The molecule has 0 atom stereocenters. The second-order valence-corrected chi connectivity index (χ2v) is 6.81. The standard InChI is InChI=1S/C16H33N3/c1-15(2)19-13-11-18(12-14-19)10-9-16(17-3)7-5-4-6-8-16/h15,17H,4-14H2,1-3H3. The molecule has 0 amide bonds. The van der Waals surface area contributed by atoms with Crippen molar-refractivity contribution in [2.75, 3.05) is 39.8 Å². The molecule has 0 aromatic carbocycles. The Labute approximate surface area is 119 Å². The van der Waals surface area contributed by atoms with Crippen LogP contribution in [0.15, 0.2) is 0 Å². The molecule has 2 rings (SSSR count). The van der Waals surface area contributed by atoms with Gasteiger partial charge in [0, 0.05) is 37.8 Å². The van der Waals surface area contributed by atoms with Crippen molar-refractivity contribution in [3.63, 3.8) is 0 Å². The van der Waals surface area contributed by atoms with Crippen LogP contribution in [0.2, 0.25) is 0 Å². The van der Waals surface area contributed by atoms with Crippen molar-refractivity contribution in [3.05, 3.63) is 0 Å². The molecule has 0 bridgehead atoms. The zero-order valence-corrected chi connectivity index (χ0v) is 13.2. The van der Waals surface area contributed by atoms with Crippen molar-refractivity contribution in [2.45, 2.75) is 64.0 Å². The maximum atomic E-state index is 3.65. The van der Waals surface area contributed by atoms with Gasteiger partial charge in [-0.05, 0) is 46.7 Å². The fraction of sp³-hybridized carbons (Fsp3) is 1.00. The van der Waals surface area contributed by atoms with Gasteiger partial charge in [0.1, 0.15) is 0 Å². The smallest absolute Gasteiger partial charge is 0.0190 e. The lowest BCUT2D eigenvalue weighted by molar-refractivity contribution is 0.0952. The first-order valence-electron chi connectivity index (χ1n) is 8.30. The van der Waals surface area contributed by atoms with Crippen LogP contribution in [0.5, 0.6) is 0 Å². The van der Waals surface area contributed by atoms with Gasteiger partial charge in [-0.3, -0.25) is 4.90 Å². The molecule has 1 aliphatic carbocycles. The van der Waals surface area contributed by atoms with E-state index in [0.29, 0.717) is 11.6 Å². The molecule has 19 heavy (non-hydrogen) atoms. The average molecular weight is 267 g/mol. The fourth-order valence-electron chi connectivity index (χ4n) is 3.73. The summed E-state index contributed by atoms with van der Waals surface area (Å²) in [5, 5.41) is 3.65. The summed E-state index contributed by atoms with van der Waals surface area (Å²) in [5.41, 5.74) is 0.452. The van der Waals surface area contributed by atoms with Gasteiger partial charge < -0.3 is 10.2 Å². The first kappa shape index (κ1) is 15.3. The lowest BCUT2D eigenvalue weighted by Crippen LogP contribution is -2.52. The van der Waals surface area contributed by atoms with Crippen LogP contribution in [0.1, 0.15) is 52.4 Å². The van der Waals surface area contributed by atoms with Crippen molar-refractivity contribution in [1.29, 1.82) is 0 Å². The highest BCUT2D eigenvalue weighted by molar-refractivity contribution is 4.90. The molecular formula is C16H33N3. The molecule has 2 fully saturated rings. The topological polar surface area (TPSA) is 18.5 Å². The van der Waals surface area contributed by atoms with Crippen LogP contribution < -0.4 is 5.32 Å². The molecule has 0 aromatic heterocycles. The van der Waals surface area contributed by atoms with Crippen LogP contribution >= 0.6 is 0 Å². The Morgan fingerprint density at radius 3 is 2.16 bits per heavy atom. The minimum Gasteiger partial charge on any atom is -0.314 e. The lowest BCUT2D eigenvalue weighted by Gasteiger charge is -2.41. The molecule has 3 nitrogen and oxygen atoms in total. The van der Waals surface area contributed by atoms with E-state index in [9.17, 15) is 0 Å². The van der Waals surface area contributed by atoms with Crippen molar-refractivity contribution >= 4 is 0 Å². The molecule has 112 valence electrons. The Morgan fingerprint density at radius 1 is 1.00 bits per heavy atom. The predicted molar refractivity (Wildman–Crippen MR) is 82.6 cm³/mol. The van der Waals surface area contributed by atoms with E-state index in [1.54, 1.807) is 0 Å². The van der Waals surface area contributed by atoms with Crippen LogP contribution in [-0.2, 0) is 0 Å². The number of nitrogens with one attached hydrogen (secondary N) is 1. The minimum absolute atomic E-state index is 0.452. The summed E-state index contributed by atoms with van der Waals surface area (Å²) in [6.45, 7) is 10.9. The Kier molecular flexibility index (Phi) is 5.67. The summed E-state index contributed by atoms with van der Waals surface area (Å²) in [5.74, 6) is 0. The van der Waals surface area contributed by atoms with Gasteiger partial charge in [0.2, 0.25) is 0 Å². The molecule has 1 aliphatic heterocycles. The largest absolute Gasteiger partial charge is 0.314 e. The quantitative estimate of drug-likeness (QED) is 0.825. The van der Waals surface area contributed by atoms with Gasteiger partial charge in [0.15, 0.2) is 0 Å². The van der Waals surface area contributed by atoms with E-state index in [1.807, 2.05) is 0 Å². The summed E-state index contributed by atoms with van der Waals surface area (Å²) in [7, 11) is 2.17. The molecule has 1 saturated carbocycles. The van der Waals surface area contributed by atoms with Gasteiger partial charge in [0.05, 0.1) is 0 Å². The number of nitrogens with zero attached hydrogens (tertiary/aromatic N) is 2. The molecule has 3 heteroatoms. The zero-order chi connectivity index (χ0) is 13.7.